The molecule has 1 aromatic rings. The van der Waals surface area contributed by atoms with E-state index < -0.39 is 0 Å². The molecular formula is C14H22ClFN2. The lowest BCUT2D eigenvalue weighted by Gasteiger charge is -2.38. The summed E-state index contributed by atoms with van der Waals surface area (Å²) in [7, 11) is 0. The van der Waals surface area contributed by atoms with Gasteiger partial charge in [-0.1, -0.05) is 19.1 Å². The third-order valence-corrected chi connectivity index (χ3v) is 3.90. The summed E-state index contributed by atoms with van der Waals surface area (Å²) in [4.78, 5) is 2.43. The van der Waals surface area contributed by atoms with Crippen LogP contribution in [0.15, 0.2) is 24.3 Å². The molecule has 0 aliphatic carbocycles. The SMILES string of the molecule is CC1CN(C(C)c2ccc(F)cc2)CCC1N.Cl. The van der Waals surface area contributed by atoms with E-state index in [1.807, 2.05) is 12.1 Å². The summed E-state index contributed by atoms with van der Waals surface area (Å²) < 4.78 is 12.9. The molecule has 1 aliphatic heterocycles. The Morgan fingerprint density at radius 2 is 1.94 bits per heavy atom. The van der Waals surface area contributed by atoms with Crippen molar-refractivity contribution in [1.82, 2.24) is 4.90 Å². The molecule has 1 heterocycles. The molecule has 0 aromatic heterocycles. The first kappa shape index (κ1) is 15.4. The van der Waals surface area contributed by atoms with Crippen molar-refractivity contribution >= 4 is 12.4 Å². The van der Waals surface area contributed by atoms with E-state index in [0.29, 0.717) is 18.0 Å². The number of nitrogens with two attached hydrogens (primary N) is 1. The zero-order valence-electron chi connectivity index (χ0n) is 11.0. The average Bonchev–Trinajstić information content (AvgIpc) is 2.33. The van der Waals surface area contributed by atoms with E-state index in [1.165, 1.54) is 17.7 Å². The van der Waals surface area contributed by atoms with Gasteiger partial charge in [0, 0.05) is 25.2 Å². The fourth-order valence-electron chi connectivity index (χ4n) is 2.50. The van der Waals surface area contributed by atoms with Crippen molar-refractivity contribution < 1.29 is 4.39 Å². The number of benzene rings is 1. The standard InChI is InChI=1S/C14H21FN2.ClH/c1-10-9-17(8-7-14(10)16)11(2)12-3-5-13(15)6-4-12;/h3-6,10-11,14H,7-9,16H2,1-2H3;1H. The van der Waals surface area contributed by atoms with Gasteiger partial charge in [-0.15, -0.1) is 12.4 Å². The lowest BCUT2D eigenvalue weighted by Crippen LogP contribution is -2.46. The van der Waals surface area contributed by atoms with Crippen molar-refractivity contribution in [3.05, 3.63) is 35.6 Å². The number of nitrogens with zero attached hydrogens (tertiary/aromatic N) is 1. The van der Waals surface area contributed by atoms with Gasteiger partial charge < -0.3 is 5.73 Å². The van der Waals surface area contributed by atoms with Crippen molar-refractivity contribution in [1.29, 1.82) is 0 Å². The molecule has 3 atom stereocenters. The van der Waals surface area contributed by atoms with E-state index in [1.54, 1.807) is 0 Å². The number of halogens is 2. The second-order valence-corrected chi connectivity index (χ2v) is 5.15. The Labute approximate surface area is 115 Å². The highest BCUT2D eigenvalue weighted by molar-refractivity contribution is 5.85. The van der Waals surface area contributed by atoms with Gasteiger partial charge in [0.1, 0.15) is 5.82 Å². The second kappa shape index (κ2) is 6.50. The number of rotatable bonds is 2. The molecule has 4 heteroatoms. The van der Waals surface area contributed by atoms with E-state index in [4.69, 9.17) is 5.73 Å². The highest BCUT2D eigenvalue weighted by Gasteiger charge is 2.26. The highest BCUT2D eigenvalue weighted by atomic mass is 35.5. The minimum atomic E-state index is -0.171. The largest absolute Gasteiger partial charge is 0.327 e. The zero-order valence-corrected chi connectivity index (χ0v) is 11.8. The van der Waals surface area contributed by atoms with Crippen molar-refractivity contribution in [3.63, 3.8) is 0 Å². The van der Waals surface area contributed by atoms with E-state index in [-0.39, 0.29) is 18.2 Å². The summed E-state index contributed by atoms with van der Waals surface area (Å²) in [5.41, 5.74) is 7.20. The number of hydrogen-bond donors (Lipinski definition) is 1. The Morgan fingerprint density at radius 3 is 2.50 bits per heavy atom. The van der Waals surface area contributed by atoms with E-state index in [2.05, 4.69) is 18.7 Å². The Hall–Kier alpha value is -0.640. The molecule has 1 aromatic carbocycles. The van der Waals surface area contributed by atoms with Crippen LogP contribution in [0.3, 0.4) is 0 Å². The van der Waals surface area contributed by atoms with Gasteiger partial charge in [-0.2, -0.15) is 0 Å². The van der Waals surface area contributed by atoms with Crippen molar-refractivity contribution in [3.8, 4) is 0 Å². The molecule has 1 saturated heterocycles. The Balaban J connectivity index is 0.00000162. The predicted octanol–water partition coefficient (Wildman–Crippen LogP) is 2.98. The molecule has 18 heavy (non-hydrogen) atoms. The molecule has 1 fully saturated rings. The number of likely N-dealkylation sites (tertiary alicyclic amines) is 1. The van der Waals surface area contributed by atoms with Crippen LogP contribution in [-0.2, 0) is 0 Å². The topological polar surface area (TPSA) is 29.3 Å². The van der Waals surface area contributed by atoms with Gasteiger partial charge in [-0.3, -0.25) is 4.90 Å². The second-order valence-electron chi connectivity index (χ2n) is 5.15. The van der Waals surface area contributed by atoms with Crippen LogP contribution in [0, 0.1) is 11.7 Å². The normalized spacial score (nSPS) is 26.4. The molecule has 0 spiro atoms. The quantitative estimate of drug-likeness (QED) is 0.897. The fourth-order valence-corrected chi connectivity index (χ4v) is 2.50. The predicted molar refractivity (Wildman–Crippen MR) is 75.4 cm³/mol. The molecule has 0 radical (unpaired) electrons. The van der Waals surface area contributed by atoms with Gasteiger partial charge in [0.25, 0.3) is 0 Å². The third-order valence-electron chi connectivity index (χ3n) is 3.90. The maximum atomic E-state index is 12.9. The molecule has 2 nitrogen and oxygen atoms in total. The van der Waals surface area contributed by atoms with E-state index in [9.17, 15) is 4.39 Å². The Morgan fingerprint density at radius 1 is 1.33 bits per heavy atom. The average molecular weight is 273 g/mol. The van der Waals surface area contributed by atoms with Crippen molar-refractivity contribution in [2.45, 2.75) is 32.4 Å². The van der Waals surface area contributed by atoms with Gasteiger partial charge in [0.2, 0.25) is 0 Å². The van der Waals surface area contributed by atoms with Crippen LogP contribution in [-0.4, -0.2) is 24.0 Å². The first-order valence-corrected chi connectivity index (χ1v) is 6.33. The van der Waals surface area contributed by atoms with Crippen LogP contribution in [0.1, 0.15) is 31.9 Å². The molecule has 0 amide bonds. The molecule has 1 aliphatic rings. The molecule has 3 unspecified atom stereocenters. The van der Waals surface area contributed by atoms with Crippen LogP contribution in [0.25, 0.3) is 0 Å². The maximum Gasteiger partial charge on any atom is 0.123 e. The highest BCUT2D eigenvalue weighted by Crippen LogP contribution is 2.26. The third kappa shape index (κ3) is 3.44. The first-order chi connectivity index (χ1) is 8.08. The molecule has 102 valence electrons. The van der Waals surface area contributed by atoms with Crippen LogP contribution in [0.2, 0.25) is 0 Å². The van der Waals surface area contributed by atoms with Crippen LogP contribution < -0.4 is 5.73 Å². The van der Waals surface area contributed by atoms with Gasteiger partial charge in [0.15, 0.2) is 0 Å². The Bertz CT molecular complexity index is 369. The lowest BCUT2D eigenvalue weighted by molar-refractivity contribution is 0.124. The number of piperidine rings is 1. The first-order valence-electron chi connectivity index (χ1n) is 6.33. The Kier molecular flexibility index (Phi) is 5.57. The smallest absolute Gasteiger partial charge is 0.123 e. The summed E-state index contributed by atoms with van der Waals surface area (Å²) in [6.07, 6.45) is 1.05. The van der Waals surface area contributed by atoms with Crippen LogP contribution in [0.4, 0.5) is 4.39 Å². The van der Waals surface area contributed by atoms with Crippen LogP contribution in [0.5, 0.6) is 0 Å². The van der Waals surface area contributed by atoms with Crippen molar-refractivity contribution in [2.24, 2.45) is 11.7 Å². The summed E-state index contributed by atoms with van der Waals surface area (Å²) in [6, 6.07) is 7.48. The number of hydrogen-bond acceptors (Lipinski definition) is 2. The fraction of sp³-hybridized carbons (Fsp3) is 0.571. The minimum Gasteiger partial charge on any atom is -0.327 e. The molecule has 0 saturated carbocycles. The molecule has 0 bridgehead atoms. The van der Waals surface area contributed by atoms with Gasteiger partial charge in [-0.25, -0.2) is 4.39 Å². The monoisotopic (exact) mass is 272 g/mol. The maximum absolute atomic E-state index is 12.9. The minimum absolute atomic E-state index is 0. The summed E-state index contributed by atoms with van der Waals surface area (Å²) >= 11 is 0. The van der Waals surface area contributed by atoms with Gasteiger partial charge >= 0.3 is 0 Å². The van der Waals surface area contributed by atoms with Gasteiger partial charge in [-0.05, 0) is 37.0 Å². The molecular weight excluding hydrogens is 251 g/mol. The molecule has 2 rings (SSSR count). The van der Waals surface area contributed by atoms with E-state index >= 15 is 0 Å². The van der Waals surface area contributed by atoms with Crippen molar-refractivity contribution in [2.75, 3.05) is 13.1 Å². The summed E-state index contributed by atoms with van der Waals surface area (Å²) in [5.74, 6) is 0.363. The summed E-state index contributed by atoms with van der Waals surface area (Å²) in [6.45, 7) is 6.44. The summed E-state index contributed by atoms with van der Waals surface area (Å²) in [5, 5.41) is 0. The van der Waals surface area contributed by atoms with Crippen LogP contribution >= 0.6 is 12.4 Å². The molecule has 2 N–H and O–H groups in total. The van der Waals surface area contributed by atoms with Gasteiger partial charge in [0.05, 0.1) is 0 Å². The zero-order chi connectivity index (χ0) is 12.4. The lowest BCUT2D eigenvalue weighted by atomic mass is 9.92. The van der Waals surface area contributed by atoms with E-state index in [0.717, 1.165) is 19.5 Å².